The Bertz CT molecular complexity index is 1530. The topological polar surface area (TPSA) is 67.4 Å². The van der Waals surface area contributed by atoms with Crippen LogP contribution in [0.2, 0.25) is 0 Å². The summed E-state index contributed by atoms with van der Waals surface area (Å²) >= 11 is 0. The lowest BCUT2D eigenvalue weighted by atomic mass is 9.47. The highest BCUT2D eigenvalue weighted by molar-refractivity contribution is 5.79. The summed E-state index contributed by atoms with van der Waals surface area (Å²) < 4.78 is 5.67. The van der Waals surface area contributed by atoms with Gasteiger partial charge >= 0.3 is 6.09 Å². The first-order valence-electron chi connectivity index (χ1n) is 20.2. The fourth-order valence-electron chi connectivity index (χ4n) is 12.0. The van der Waals surface area contributed by atoms with E-state index >= 15 is 0 Å². The summed E-state index contributed by atoms with van der Waals surface area (Å²) in [7, 11) is 0. The molecule has 0 radical (unpaired) electrons. The second-order valence-electron chi connectivity index (χ2n) is 17.8. The maximum atomic E-state index is 13.0. The zero-order chi connectivity index (χ0) is 35.0. The Kier molecular flexibility index (Phi) is 10.2. The molecule has 2 amide bonds. The van der Waals surface area contributed by atoms with Crippen molar-refractivity contribution >= 4 is 12.0 Å². The highest BCUT2D eigenvalue weighted by Gasteiger charge is 2.59. The Hall–Kier alpha value is -3.08. The van der Waals surface area contributed by atoms with Crippen LogP contribution in [-0.2, 0) is 9.53 Å². The maximum absolute atomic E-state index is 13.0. The average Bonchev–Trinajstić information content (AvgIpc) is 3.62. The van der Waals surface area contributed by atoms with E-state index in [0.717, 1.165) is 48.3 Å². The van der Waals surface area contributed by atoms with Gasteiger partial charge in [0.15, 0.2) is 0 Å². The Labute approximate surface area is 301 Å². The lowest BCUT2D eigenvalue weighted by Gasteiger charge is -2.58. The van der Waals surface area contributed by atoms with Crippen molar-refractivity contribution in [2.45, 2.75) is 124 Å². The molecule has 270 valence electrons. The predicted molar refractivity (Wildman–Crippen MR) is 203 cm³/mol. The van der Waals surface area contributed by atoms with Gasteiger partial charge < -0.3 is 15.4 Å². The molecule has 2 aromatic carbocycles. The zero-order valence-corrected chi connectivity index (χ0v) is 31.4. The van der Waals surface area contributed by atoms with E-state index < -0.39 is 6.09 Å². The van der Waals surface area contributed by atoms with E-state index in [1.54, 1.807) is 5.57 Å². The van der Waals surface area contributed by atoms with Gasteiger partial charge in [0.1, 0.15) is 6.61 Å². The molecule has 0 heterocycles. The fraction of sp³-hybridized carbons (Fsp3) is 0.644. The van der Waals surface area contributed by atoms with E-state index in [0.29, 0.717) is 5.41 Å². The molecule has 3 fully saturated rings. The van der Waals surface area contributed by atoms with Gasteiger partial charge in [-0.2, -0.15) is 0 Å². The molecule has 0 spiro atoms. The lowest BCUT2D eigenvalue weighted by Crippen LogP contribution is -2.52. The number of ether oxygens (including phenoxy) is 1. The number of alkyl carbamates (subject to hydrolysis) is 1. The molecule has 5 nitrogen and oxygen atoms in total. The van der Waals surface area contributed by atoms with Gasteiger partial charge in [-0.25, -0.2) is 4.79 Å². The first-order valence-corrected chi connectivity index (χ1v) is 20.2. The van der Waals surface area contributed by atoms with Crippen LogP contribution in [0.1, 0.15) is 129 Å². The molecular formula is C45H62N2O3. The van der Waals surface area contributed by atoms with Crippen molar-refractivity contribution < 1.29 is 14.3 Å². The van der Waals surface area contributed by atoms with Crippen LogP contribution >= 0.6 is 0 Å². The number of hydrogen-bond donors (Lipinski definition) is 2. The summed E-state index contributed by atoms with van der Waals surface area (Å²) in [4.78, 5) is 25.7. The van der Waals surface area contributed by atoms with Crippen molar-refractivity contribution in [1.29, 1.82) is 0 Å². The van der Waals surface area contributed by atoms with Crippen molar-refractivity contribution in [2.24, 2.45) is 46.3 Å². The van der Waals surface area contributed by atoms with Crippen molar-refractivity contribution in [3.05, 3.63) is 71.3 Å². The first-order chi connectivity index (χ1) is 24.1. The van der Waals surface area contributed by atoms with E-state index in [1.165, 1.54) is 80.0 Å². The molecule has 5 heteroatoms. The quantitative estimate of drug-likeness (QED) is 0.233. The third kappa shape index (κ3) is 6.68. The normalized spacial score (nSPS) is 31.8. The van der Waals surface area contributed by atoms with Crippen LogP contribution < -0.4 is 10.6 Å². The fourth-order valence-corrected chi connectivity index (χ4v) is 12.0. The van der Waals surface area contributed by atoms with Gasteiger partial charge in [-0.1, -0.05) is 114 Å². The van der Waals surface area contributed by atoms with Crippen LogP contribution in [0.5, 0.6) is 0 Å². The van der Waals surface area contributed by atoms with Gasteiger partial charge in [-0.05, 0) is 120 Å². The Morgan fingerprint density at radius 2 is 1.60 bits per heavy atom. The molecule has 3 saturated carbocycles. The minimum Gasteiger partial charge on any atom is -0.449 e. The number of allylic oxidation sites excluding steroid dienone is 1. The number of carbonyl (C=O) groups excluding carboxylic acids is 2. The summed E-state index contributed by atoms with van der Waals surface area (Å²) in [6.45, 7) is 13.1. The summed E-state index contributed by atoms with van der Waals surface area (Å²) in [5.41, 5.74) is 7.20. The highest BCUT2D eigenvalue weighted by atomic mass is 16.5. The molecule has 2 N–H and O–H groups in total. The van der Waals surface area contributed by atoms with Crippen molar-refractivity contribution in [1.82, 2.24) is 10.6 Å². The smallest absolute Gasteiger partial charge is 0.407 e. The number of amides is 2. The van der Waals surface area contributed by atoms with Crippen LogP contribution in [0.4, 0.5) is 4.79 Å². The minimum absolute atomic E-state index is 0.0137. The molecule has 7 rings (SSSR count). The second-order valence-corrected chi connectivity index (χ2v) is 17.8. The Morgan fingerprint density at radius 1 is 0.880 bits per heavy atom. The average molecular weight is 679 g/mol. The number of hydrogen-bond acceptors (Lipinski definition) is 3. The summed E-state index contributed by atoms with van der Waals surface area (Å²) in [5.74, 6) is 5.07. The largest absolute Gasteiger partial charge is 0.449 e. The van der Waals surface area contributed by atoms with Crippen molar-refractivity contribution in [2.75, 3.05) is 13.2 Å². The molecule has 4 unspecified atom stereocenters. The summed E-state index contributed by atoms with van der Waals surface area (Å²) in [6.07, 6.45) is 16.6. The molecule has 5 aliphatic rings. The van der Waals surface area contributed by atoms with Gasteiger partial charge in [-0.15, -0.1) is 0 Å². The first kappa shape index (κ1) is 35.3. The number of carbonyl (C=O) groups is 2. The zero-order valence-electron chi connectivity index (χ0n) is 31.4. The maximum Gasteiger partial charge on any atom is 0.407 e. The number of rotatable bonds is 11. The molecule has 0 saturated heterocycles. The van der Waals surface area contributed by atoms with Gasteiger partial charge in [0.2, 0.25) is 5.91 Å². The number of nitrogens with one attached hydrogen (secondary N) is 2. The lowest BCUT2D eigenvalue weighted by molar-refractivity contribution is -0.122. The summed E-state index contributed by atoms with van der Waals surface area (Å²) in [5, 5.41) is 6.14. The third-order valence-corrected chi connectivity index (χ3v) is 14.6. The van der Waals surface area contributed by atoms with E-state index in [-0.39, 0.29) is 42.9 Å². The van der Waals surface area contributed by atoms with Crippen LogP contribution in [0.15, 0.2) is 60.2 Å². The van der Waals surface area contributed by atoms with Crippen LogP contribution in [-0.4, -0.2) is 31.2 Å². The molecule has 5 aliphatic carbocycles. The molecule has 0 aromatic heterocycles. The Morgan fingerprint density at radius 3 is 2.32 bits per heavy atom. The molecule has 2 aromatic rings. The third-order valence-electron chi connectivity index (χ3n) is 14.6. The molecule has 8 atom stereocenters. The molecule has 50 heavy (non-hydrogen) atoms. The molecular weight excluding hydrogens is 617 g/mol. The predicted octanol–water partition coefficient (Wildman–Crippen LogP) is 10.4. The number of benzene rings is 2. The number of fused-ring (bicyclic) bond motifs is 8. The Balaban J connectivity index is 0.872. The van der Waals surface area contributed by atoms with E-state index in [1.807, 2.05) is 12.1 Å². The van der Waals surface area contributed by atoms with Crippen LogP contribution in [0, 0.1) is 46.3 Å². The van der Waals surface area contributed by atoms with Gasteiger partial charge in [0.05, 0.1) is 0 Å². The summed E-state index contributed by atoms with van der Waals surface area (Å²) in [6, 6.07) is 16.9. The van der Waals surface area contributed by atoms with Crippen molar-refractivity contribution in [3.63, 3.8) is 0 Å². The highest BCUT2D eigenvalue weighted by Crippen LogP contribution is 2.67. The van der Waals surface area contributed by atoms with E-state index in [9.17, 15) is 9.59 Å². The van der Waals surface area contributed by atoms with Gasteiger partial charge in [0.25, 0.3) is 0 Å². The standard InChI is InChI=1S/C45H62N2O3/c1-29(2)11-10-12-30(3)39-19-20-40-37-18-17-31-27-32(21-24-44(31,4)41(37)22-25-45(39,40)5)47-42(48)23-26-46-43(49)50-28-38-35-15-8-6-13-33(35)34-14-7-9-16-36(34)38/h6-9,13-17,29-30,32,37-41H,10-12,18-28H2,1-5H3,(H,46,49)(H,47,48)/t30-,32+,37+,39?,40+,41?,44?,45?/m1/s1. The second kappa shape index (κ2) is 14.5. The van der Waals surface area contributed by atoms with E-state index in [4.69, 9.17) is 4.74 Å². The molecule has 0 bridgehead atoms. The van der Waals surface area contributed by atoms with Crippen LogP contribution in [0.25, 0.3) is 11.1 Å². The van der Waals surface area contributed by atoms with Crippen molar-refractivity contribution in [3.8, 4) is 11.1 Å². The van der Waals surface area contributed by atoms with Gasteiger partial charge in [-0.3, -0.25) is 4.79 Å². The minimum atomic E-state index is -0.465. The van der Waals surface area contributed by atoms with Crippen LogP contribution in [0.3, 0.4) is 0 Å². The van der Waals surface area contributed by atoms with E-state index in [2.05, 4.69) is 87.7 Å². The van der Waals surface area contributed by atoms with Gasteiger partial charge in [0, 0.05) is 24.9 Å². The SMILES string of the molecule is CC(C)CCC[C@@H](C)C1CC[C@H]2[C@@H]3CC=C4C[C@@H](NC(=O)CCNC(=O)OCC5c6ccccc6-c6ccccc65)CCC4(C)C3CCC12C. The monoisotopic (exact) mass is 678 g/mol. The molecule has 0 aliphatic heterocycles.